The zero-order valence-electron chi connectivity index (χ0n) is 7.37. The minimum Gasteiger partial charge on any atom is -0.448 e. The van der Waals surface area contributed by atoms with Crippen LogP contribution in [-0.2, 0) is 4.89 Å². The Hall–Kier alpha value is -0.770. The molecule has 0 bridgehead atoms. The topological polar surface area (TPSA) is 66.8 Å². The van der Waals surface area contributed by atoms with Crippen molar-refractivity contribution in [2.24, 2.45) is 11.8 Å². The first-order valence-electron chi connectivity index (χ1n) is 3.46. The summed E-state index contributed by atoms with van der Waals surface area (Å²) in [5.74, 6) is 1.70. The maximum Gasteiger partial charge on any atom is 0.537 e. The Balaban J connectivity index is 0. The lowest BCUT2D eigenvalue weighted by atomic mass is 10.0. The first-order chi connectivity index (χ1) is 4.91. The van der Waals surface area contributed by atoms with Gasteiger partial charge >= 0.3 is 6.16 Å². The van der Waals surface area contributed by atoms with Crippen LogP contribution in [0.15, 0.2) is 0 Å². The Labute approximate surface area is 66.7 Å². The summed E-state index contributed by atoms with van der Waals surface area (Å²) in [5.41, 5.74) is 0. The van der Waals surface area contributed by atoms with Crippen LogP contribution in [-0.4, -0.2) is 16.5 Å². The van der Waals surface area contributed by atoms with E-state index in [1.165, 1.54) is 0 Å². The van der Waals surface area contributed by atoms with Crippen LogP contribution >= 0.6 is 0 Å². The molecular formula is C7H16O4. The van der Waals surface area contributed by atoms with Gasteiger partial charge in [0.05, 0.1) is 0 Å². The molecule has 68 valence electrons. The minimum atomic E-state index is -1.69. The monoisotopic (exact) mass is 164 g/mol. The quantitative estimate of drug-likeness (QED) is 0.461. The van der Waals surface area contributed by atoms with E-state index in [1.807, 2.05) is 0 Å². The van der Waals surface area contributed by atoms with E-state index in [4.69, 9.17) is 15.2 Å². The molecule has 0 aromatic heterocycles. The molecule has 0 aliphatic rings. The van der Waals surface area contributed by atoms with Gasteiger partial charge in [-0.15, -0.1) is 0 Å². The molecule has 2 N–H and O–H groups in total. The van der Waals surface area contributed by atoms with Crippen molar-refractivity contribution < 1.29 is 20.0 Å². The van der Waals surface area contributed by atoms with E-state index in [0.29, 0.717) is 0 Å². The molecule has 0 saturated carbocycles. The van der Waals surface area contributed by atoms with Crippen LogP contribution < -0.4 is 0 Å². The fourth-order valence-corrected chi connectivity index (χ4v) is 0. The highest BCUT2D eigenvalue weighted by atomic mass is 17.1. The average molecular weight is 164 g/mol. The molecule has 0 unspecified atom stereocenters. The summed E-state index contributed by atoms with van der Waals surface area (Å²) >= 11 is 0. The minimum absolute atomic E-state index is 0.852. The molecule has 0 rings (SSSR count). The van der Waals surface area contributed by atoms with Gasteiger partial charge in [-0.1, -0.05) is 27.7 Å². The third-order valence-corrected chi connectivity index (χ3v) is 1.41. The van der Waals surface area contributed by atoms with Gasteiger partial charge in [0.25, 0.3) is 0 Å². The first-order valence-corrected chi connectivity index (χ1v) is 3.46. The first kappa shape index (κ1) is 12.9. The summed E-state index contributed by atoms with van der Waals surface area (Å²) in [5, 5.41) is 14.3. The Morgan fingerprint density at radius 2 is 1.36 bits per heavy atom. The zero-order valence-corrected chi connectivity index (χ0v) is 7.37. The number of carboxylic acid groups (broad SMARTS) is 1. The van der Waals surface area contributed by atoms with Crippen molar-refractivity contribution in [3.05, 3.63) is 0 Å². The van der Waals surface area contributed by atoms with Gasteiger partial charge in [-0.25, -0.2) is 4.79 Å². The number of hydrogen-bond donors (Lipinski definition) is 2. The van der Waals surface area contributed by atoms with Gasteiger partial charge in [0.1, 0.15) is 0 Å². The molecule has 0 aliphatic heterocycles. The fraction of sp³-hybridized carbons (Fsp3) is 0.857. The Bertz CT molecular complexity index is 92.6. The van der Waals surface area contributed by atoms with Crippen molar-refractivity contribution in [2.45, 2.75) is 27.7 Å². The summed E-state index contributed by atoms with van der Waals surface area (Å²) in [6.07, 6.45) is -1.69. The van der Waals surface area contributed by atoms with Crippen LogP contribution in [0.1, 0.15) is 27.7 Å². The molecule has 11 heavy (non-hydrogen) atoms. The molecule has 0 fully saturated rings. The lowest BCUT2D eigenvalue weighted by Gasteiger charge is -2.05. The van der Waals surface area contributed by atoms with Crippen LogP contribution in [0.3, 0.4) is 0 Å². The zero-order chi connectivity index (χ0) is 9.44. The normalized spacial score (nSPS) is 9.00. The molecule has 0 radical (unpaired) electrons. The molecular weight excluding hydrogens is 148 g/mol. The predicted molar refractivity (Wildman–Crippen MR) is 41.4 cm³/mol. The third-order valence-electron chi connectivity index (χ3n) is 1.41. The second kappa shape index (κ2) is 7.34. The standard InChI is InChI=1S/C6H14.CH2O4/c1-5(2)6(3)4;2-1(3)5-4/h5-6H,1-4H3;4H,(H,2,3). The summed E-state index contributed by atoms with van der Waals surface area (Å²) in [4.78, 5) is 11.6. The predicted octanol–water partition coefficient (Wildman–Crippen LogP) is 2.45. The highest BCUT2D eigenvalue weighted by Gasteiger charge is 1.95. The summed E-state index contributed by atoms with van der Waals surface area (Å²) < 4.78 is 0. The van der Waals surface area contributed by atoms with Gasteiger partial charge in [0, 0.05) is 0 Å². The van der Waals surface area contributed by atoms with Crippen molar-refractivity contribution in [3.8, 4) is 0 Å². The molecule has 0 aromatic carbocycles. The van der Waals surface area contributed by atoms with Crippen LogP contribution in [0.4, 0.5) is 4.79 Å². The molecule has 0 aromatic rings. The van der Waals surface area contributed by atoms with Gasteiger partial charge in [-0.05, 0) is 11.8 Å². The third kappa shape index (κ3) is 17.6. The van der Waals surface area contributed by atoms with Gasteiger partial charge in [0.15, 0.2) is 0 Å². The van der Waals surface area contributed by atoms with Crippen molar-refractivity contribution in [1.29, 1.82) is 0 Å². The maximum atomic E-state index is 8.90. The summed E-state index contributed by atoms with van der Waals surface area (Å²) in [6, 6.07) is 0. The highest BCUT2D eigenvalue weighted by molar-refractivity contribution is 5.55. The lowest BCUT2D eigenvalue weighted by Crippen LogP contribution is -1.95. The number of rotatable bonds is 1. The smallest absolute Gasteiger partial charge is 0.448 e. The summed E-state index contributed by atoms with van der Waals surface area (Å²) in [6.45, 7) is 8.96. The van der Waals surface area contributed by atoms with Gasteiger partial charge < -0.3 is 5.11 Å². The van der Waals surface area contributed by atoms with Crippen molar-refractivity contribution in [1.82, 2.24) is 0 Å². The number of carbonyl (C=O) groups is 1. The molecule has 4 nitrogen and oxygen atoms in total. The fourth-order valence-electron chi connectivity index (χ4n) is 0. The van der Waals surface area contributed by atoms with Crippen LogP contribution in [0.2, 0.25) is 0 Å². The molecule has 0 aliphatic carbocycles. The average Bonchev–Trinajstić information content (AvgIpc) is 1.89. The van der Waals surface area contributed by atoms with E-state index in [1.54, 1.807) is 0 Å². The van der Waals surface area contributed by atoms with Crippen molar-refractivity contribution in [2.75, 3.05) is 0 Å². The van der Waals surface area contributed by atoms with Crippen LogP contribution in [0.25, 0.3) is 0 Å². The van der Waals surface area contributed by atoms with E-state index in [0.717, 1.165) is 11.8 Å². The largest absolute Gasteiger partial charge is 0.537 e. The van der Waals surface area contributed by atoms with Crippen molar-refractivity contribution in [3.63, 3.8) is 0 Å². The van der Waals surface area contributed by atoms with E-state index in [9.17, 15) is 0 Å². The second-order valence-electron chi connectivity index (χ2n) is 2.85. The van der Waals surface area contributed by atoms with E-state index < -0.39 is 6.16 Å². The molecule has 0 atom stereocenters. The molecule has 0 saturated heterocycles. The number of hydrogen-bond acceptors (Lipinski definition) is 3. The molecule has 0 heterocycles. The second-order valence-corrected chi connectivity index (χ2v) is 2.85. The van der Waals surface area contributed by atoms with Gasteiger partial charge in [0.2, 0.25) is 0 Å². The van der Waals surface area contributed by atoms with Crippen LogP contribution in [0, 0.1) is 11.8 Å². The van der Waals surface area contributed by atoms with Gasteiger partial charge in [-0.3, -0.25) is 4.89 Å². The van der Waals surface area contributed by atoms with Gasteiger partial charge in [-0.2, -0.15) is 5.26 Å². The molecule has 0 spiro atoms. The Morgan fingerprint density at radius 1 is 1.18 bits per heavy atom. The highest BCUT2D eigenvalue weighted by Crippen LogP contribution is 2.05. The van der Waals surface area contributed by atoms with E-state index in [2.05, 4.69) is 32.6 Å². The molecule has 4 heteroatoms. The Morgan fingerprint density at radius 3 is 1.36 bits per heavy atom. The van der Waals surface area contributed by atoms with E-state index in [-0.39, 0.29) is 0 Å². The Kier molecular flexibility index (Phi) is 8.58. The van der Waals surface area contributed by atoms with E-state index >= 15 is 0 Å². The van der Waals surface area contributed by atoms with Crippen molar-refractivity contribution >= 4 is 6.16 Å². The maximum absolute atomic E-state index is 8.90. The summed E-state index contributed by atoms with van der Waals surface area (Å²) in [7, 11) is 0. The molecule has 0 amide bonds. The SMILES string of the molecule is CC(C)C(C)C.O=C(O)OO. The lowest BCUT2D eigenvalue weighted by molar-refractivity contribution is -0.194. The van der Waals surface area contributed by atoms with Crippen LogP contribution in [0.5, 0.6) is 0 Å².